The van der Waals surface area contributed by atoms with Crippen LogP contribution >= 0.6 is 0 Å². The van der Waals surface area contributed by atoms with E-state index in [1.807, 2.05) is 0 Å². The van der Waals surface area contributed by atoms with Gasteiger partial charge in [-0.25, -0.2) is 4.98 Å². The van der Waals surface area contributed by atoms with Crippen LogP contribution in [0.3, 0.4) is 0 Å². The van der Waals surface area contributed by atoms with E-state index in [-0.39, 0.29) is 5.41 Å². The molecule has 114 valence electrons. The summed E-state index contributed by atoms with van der Waals surface area (Å²) in [5.74, 6) is 1.81. The summed E-state index contributed by atoms with van der Waals surface area (Å²) in [5, 5.41) is 0. The molecular weight excluding hydrogens is 258 g/mol. The molecule has 0 unspecified atom stereocenters. The number of rotatable bonds is 3. The van der Waals surface area contributed by atoms with Gasteiger partial charge in [0.2, 0.25) is 0 Å². The minimum Gasteiger partial charge on any atom is -0.383 e. The second kappa shape index (κ2) is 5.55. The van der Waals surface area contributed by atoms with Crippen molar-refractivity contribution in [3.63, 3.8) is 0 Å². The lowest BCUT2D eigenvalue weighted by atomic mass is 9.95. The van der Waals surface area contributed by atoms with Crippen LogP contribution in [-0.2, 0) is 11.8 Å². The smallest absolute Gasteiger partial charge is 0.131 e. The number of nitrogens with two attached hydrogens (primary N) is 1. The number of aromatic nitrogens is 2. The van der Waals surface area contributed by atoms with Gasteiger partial charge in [0.1, 0.15) is 17.3 Å². The van der Waals surface area contributed by atoms with E-state index < -0.39 is 0 Å². The highest BCUT2D eigenvalue weighted by Gasteiger charge is 2.26. The van der Waals surface area contributed by atoms with E-state index >= 15 is 0 Å². The zero-order valence-electron chi connectivity index (χ0n) is 14.1. The fourth-order valence-corrected chi connectivity index (χ4v) is 2.61. The van der Waals surface area contributed by atoms with Gasteiger partial charge in [0.05, 0.1) is 0 Å². The molecule has 21 heavy (non-hydrogen) atoms. The van der Waals surface area contributed by atoms with Crippen LogP contribution in [0.2, 0.25) is 0 Å². The Morgan fingerprint density at radius 2 is 1.71 bits per heavy atom. The molecule has 0 aliphatic carbocycles. The molecule has 2 aromatic rings. The van der Waals surface area contributed by atoms with Crippen molar-refractivity contribution in [2.24, 2.45) is 0 Å². The van der Waals surface area contributed by atoms with Crippen LogP contribution in [0.1, 0.15) is 59.0 Å². The van der Waals surface area contributed by atoms with Gasteiger partial charge >= 0.3 is 0 Å². The van der Waals surface area contributed by atoms with Crippen molar-refractivity contribution < 1.29 is 0 Å². The van der Waals surface area contributed by atoms with Crippen molar-refractivity contribution >= 4 is 5.82 Å². The third-order valence-corrected chi connectivity index (χ3v) is 3.77. The quantitative estimate of drug-likeness (QED) is 0.897. The van der Waals surface area contributed by atoms with E-state index in [0.29, 0.717) is 6.04 Å². The number of aryl methyl sites for hydroxylation is 1. The number of anilines is 1. The van der Waals surface area contributed by atoms with Crippen molar-refractivity contribution in [3.8, 4) is 11.3 Å². The molecule has 2 rings (SSSR count). The second-order valence-corrected chi connectivity index (χ2v) is 6.93. The van der Waals surface area contributed by atoms with E-state index in [1.54, 1.807) is 0 Å². The first-order valence-electron chi connectivity index (χ1n) is 7.73. The molecule has 0 bridgehead atoms. The van der Waals surface area contributed by atoms with Crippen molar-refractivity contribution in [1.29, 1.82) is 0 Å². The van der Waals surface area contributed by atoms with Gasteiger partial charge in [0.25, 0.3) is 0 Å². The third-order valence-electron chi connectivity index (χ3n) is 3.77. The zero-order valence-corrected chi connectivity index (χ0v) is 14.1. The Morgan fingerprint density at radius 3 is 2.10 bits per heavy atom. The van der Waals surface area contributed by atoms with Gasteiger partial charge in [-0.2, -0.15) is 0 Å². The summed E-state index contributed by atoms with van der Waals surface area (Å²) in [6.45, 7) is 13.0. The van der Waals surface area contributed by atoms with Crippen LogP contribution in [0.25, 0.3) is 11.3 Å². The Bertz CT molecular complexity index is 613. The summed E-state index contributed by atoms with van der Waals surface area (Å²) in [4.78, 5) is 4.87. The molecule has 0 radical (unpaired) electrons. The molecule has 0 fully saturated rings. The summed E-state index contributed by atoms with van der Waals surface area (Å²) >= 11 is 0. The molecule has 3 nitrogen and oxygen atoms in total. The van der Waals surface area contributed by atoms with Crippen molar-refractivity contribution in [2.75, 3.05) is 5.73 Å². The Hall–Kier alpha value is -1.77. The number of nitrogen functional groups attached to an aromatic ring is 1. The van der Waals surface area contributed by atoms with Gasteiger partial charge in [-0.15, -0.1) is 0 Å². The maximum atomic E-state index is 6.40. The van der Waals surface area contributed by atoms with Gasteiger partial charge in [-0.05, 0) is 25.8 Å². The normalized spacial score (nSPS) is 12.1. The monoisotopic (exact) mass is 285 g/mol. The Balaban J connectivity index is 2.59. The lowest BCUT2D eigenvalue weighted by molar-refractivity contribution is 0.473. The highest BCUT2D eigenvalue weighted by Crippen LogP contribution is 2.34. The fraction of sp³-hybridized carbons (Fsp3) is 0.500. The number of benzene rings is 1. The molecular formula is C18H27N3. The van der Waals surface area contributed by atoms with Crippen molar-refractivity contribution in [1.82, 2.24) is 9.55 Å². The average Bonchev–Trinajstić information content (AvgIpc) is 2.76. The van der Waals surface area contributed by atoms with Gasteiger partial charge in [0, 0.05) is 17.0 Å². The number of nitrogens with zero attached hydrogens (tertiary/aromatic N) is 2. The highest BCUT2D eigenvalue weighted by molar-refractivity contribution is 5.71. The average molecular weight is 285 g/mol. The van der Waals surface area contributed by atoms with Crippen LogP contribution in [0.15, 0.2) is 24.3 Å². The minimum atomic E-state index is -0.0278. The molecule has 0 amide bonds. The molecule has 0 atom stereocenters. The second-order valence-electron chi connectivity index (χ2n) is 6.93. The molecule has 0 aliphatic heterocycles. The van der Waals surface area contributed by atoms with Gasteiger partial charge < -0.3 is 10.3 Å². The minimum absolute atomic E-state index is 0.0278. The van der Waals surface area contributed by atoms with Gasteiger partial charge in [-0.3, -0.25) is 0 Å². The first-order chi connectivity index (χ1) is 9.75. The van der Waals surface area contributed by atoms with E-state index in [2.05, 4.69) is 70.4 Å². The molecule has 3 heteroatoms. The van der Waals surface area contributed by atoms with Gasteiger partial charge in [-0.1, -0.05) is 52.0 Å². The highest BCUT2D eigenvalue weighted by atomic mass is 15.2. The summed E-state index contributed by atoms with van der Waals surface area (Å²) in [6.07, 6.45) is 1.05. The Morgan fingerprint density at radius 1 is 1.14 bits per heavy atom. The number of hydrogen-bond acceptors (Lipinski definition) is 2. The molecule has 2 N–H and O–H groups in total. The standard InChI is InChI=1S/C18H27N3/c1-7-13-8-10-14(11-9-13)15-16(19)21(12(2)3)17(20-15)18(4,5)6/h8-12H,7,19H2,1-6H3. The maximum absolute atomic E-state index is 6.40. The van der Waals surface area contributed by atoms with E-state index in [9.17, 15) is 0 Å². The summed E-state index contributed by atoms with van der Waals surface area (Å²) < 4.78 is 2.16. The number of imidazole rings is 1. The van der Waals surface area contributed by atoms with Crippen LogP contribution in [-0.4, -0.2) is 9.55 Å². The molecule has 1 aromatic carbocycles. The molecule has 0 saturated carbocycles. The zero-order chi connectivity index (χ0) is 15.8. The number of hydrogen-bond donors (Lipinski definition) is 1. The van der Waals surface area contributed by atoms with Crippen LogP contribution in [0, 0.1) is 0 Å². The van der Waals surface area contributed by atoms with Gasteiger partial charge in [0.15, 0.2) is 0 Å². The first-order valence-corrected chi connectivity index (χ1v) is 7.73. The topological polar surface area (TPSA) is 43.8 Å². The third kappa shape index (κ3) is 2.97. The Labute approximate surface area is 128 Å². The van der Waals surface area contributed by atoms with E-state index in [1.165, 1.54) is 5.56 Å². The predicted molar refractivity (Wildman–Crippen MR) is 90.5 cm³/mol. The largest absolute Gasteiger partial charge is 0.383 e. The Kier molecular flexibility index (Phi) is 4.13. The van der Waals surface area contributed by atoms with Crippen LogP contribution < -0.4 is 5.73 Å². The van der Waals surface area contributed by atoms with E-state index in [0.717, 1.165) is 29.3 Å². The maximum Gasteiger partial charge on any atom is 0.131 e. The fourth-order valence-electron chi connectivity index (χ4n) is 2.61. The first kappa shape index (κ1) is 15.6. The molecule has 0 aliphatic rings. The molecule has 0 spiro atoms. The van der Waals surface area contributed by atoms with Crippen LogP contribution in [0.5, 0.6) is 0 Å². The molecule has 1 heterocycles. The summed E-state index contributed by atoms with van der Waals surface area (Å²) in [6, 6.07) is 8.85. The lowest BCUT2D eigenvalue weighted by Gasteiger charge is -2.22. The SMILES string of the molecule is CCc1ccc(-c2nc(C(C)(C)C)n(C(C)C)c2N)cc1. The predicted octanol–water partition coefficient (Wildman–Crippen LogP) is 4.57. The molecule has 1 aromatic heterocycles. The van der Waals surface area contributed by atoms with Crippen molar-refractivity contribution in [2.45, 2.75) is 59.4 Å². The molecule has 0 saturated heterocycles. The lowest BCUT2D eigenvalue weighted by Crippen LogP contribution is -2.21. The van der Waals surface area contributed by atoms with E-state index in [4.69, 9.17) is 10.7 Å². The van der Waals surface area contributed by atoms with Crippen molar-refractivity contribution in [3.05, 3.63) is 35.7 Å². The summed E-state index contributed by atoms with van der Waals surface area (Å²) in [5.41, 5.74) is 9.70. The summed E-state index contributed by atoms with van der Waals surface area (Å²) in [7, 11) is 0. The van der Waals surface area contributed by atoms with Crippen LogP contribution in [0.4, 0.5) is 5.82 Å².